The maximum atomic E-state index is 4.74. The van der Waals surface area contributed by atoms with Gasteiger partial charge in [-0.1, -0.05) is 127 Å². The Morgan fingerprint density at radius 1 is 0.364 bits per heavy atom. The summed E-state index contributed by atoms with van der Waals surface area (Å²) in [6.07, 6.45) is 0. The van der Waals surface area contributed by atoms with E-state index in [-0.39, 0.29) is 0 Å². The van der Waals surface area contributed by atoms with Crippen molar-refractivity contribution < 1.29 is 0 Å². The van der Waals surface area contributed by atoms with Crippen LogP contribution in [0.25, 0.3) is 0 Å². The van der Waals surface area contributed by atoms with E-state index in [9.17, 15) is 0 Å². The lowest BCUT2D eigenvalue weighted by Crippen LogP contribution is -2.31. The molecule has 0 aliphatic heterocycles. The largest absolute Gasteiger partial charge is 0.151 e. The minimum atomic E-state index is -0.546. The van der Waals surface area contributed by atoms with Crippen LogP contribution in [0.2, 0.25) is 0 Å². The number of azo groups is 1. The van der Waals surface area contributed by atoms with Crippen LogP contribution in [0.1, 0.15) is 22.3 Å². The second kappa shape index (κ2) is 9.46. The molecule has 0 aliphatic rings. The molecule has 33 heavy (non-hydrogen) atoms. The van der Waals surface area contributed by atoms with Gasteiger partial charge in [0.25, 0.3) is 0 Å². The molecule has 2 heteroatoms. The summed E-state index contributed by atoms with van der Waals surface area (Å²) in [5.41, 5.74) is 5.78. The van der Waals surface area contributed by atoms with E-state index in [4.69, 9.17) is 5.11 Å². The van der Waals surface area contributed by atoms with Crippen molar-refractivity contribution in [2.45, 2.75) is 5.41 Å². The third-order valence-electron chi connectivity index (χ3n) is 5.96. The van der Waals surface area contributed by atoms with Crippen LogP contribution in [0.3, 0.4) is 0 Å². The van der Waals surface area contributed by atoms with Gasteiger partial charge in [-0.05, 0) is 40.5 Å². The Balaban J connectivity index is 1.83. The van der Waals surface area contributed by atoms with Crippen molar-refractivity contribution in [3.8, 4) is 0 Å². The van der Waals surface area contributed by atoms with Gasteiger partial charge in [0.1, 0.15) is 0 Å². The van der Waals surface area contributed by atoms with Gasteiger partial charge in [-0.3, -0.25) is 0 Å². The van der Waals surface area contributed by atoms with Crippen LogP contribution >= 0.6 is 0 Å². The monoisotopic (exact) mass is 424 g/mol. The van der Waals surface area contributed by atoms with Gasteiger partial charge in [-0.15, -0.1) is 0 Å². The van der Waals surface area contributed by atoms with E-state index < -0.39 is 5.41 Å². The first-order valence-electron chi connectivity index (χ1n) is 11.1. The molecule has 2 nitrogen and oxygen atoms in total. The molecule has 5 aromatic rings. The zero-order valence-corrected chi connectivity index (χ0v) is 18.3. The summed E-state index contributed by atoms with van der Waals surface area (Å²) in [6, 6.07) is 50.2. The zero-order chi connectivity index (χ0) is 22.3. The second-order valence-corrected chi connectivity index (χ2v) is 7.90. The minimum Gasteiger partial charge on any atom is -0.151 e. The molecule has 5 aromatic carbocycles. The van der Waals surface area contributed by atoms with Crippen LogP contribution in [0, 0.1) is 0 Å². The normalized spacial score (nSPS) is 11.5. The van der Waals surface area contributed by atoms with Crippen molar-refractivity contribution in [3.05, 3.63) is 168 Å². The Hall–Kier alpha value is -4.30. The Morgan fingerprint density at radius 2 is 0.758 bits per heavy atom. The summed E-state index contributed by atoms with van der Waals surface area (Å²) in [5.74, 6) is 0. The van der Waals surface area contributed by atoms with Crippen LogP contribution in [0.4, 0.5) is 11.4 Å². The summed E-state index contributed by atoms with van der Waals surface area (Å²) in [4.78, 5) is 0. The fourth-order valence-corrected chi connectivity index (χ4v) is 4.52. The summed E-state index contributed by atoms with van der Waals surface area (Å²) in [5, 5.41) is 9.30. The highest BCUT2D eigenvalue weighted by Crippen LogP contribution is 2.48. The van der Waals surface area contributed by atoms with Gasteiger partial charge in [0.05, 0.1) is 16.8 Å². The predicted molar refractivity (Wildman–Crippen MR) is 135 cm³/mol. The van der Waals surface area contributed by atoms with Gasteiger partial charge in [0.2, 0.25) is 0 Å². The van der Waals surface area contributed by atoms with Gasteiger partial charge in [-0.2, -0.15) is 10.2 Å². The molecule has 0 radical (unpaired) electrons. The maximum Gasteiger partial charge on any atom is 0.0904 e. The highest BCUT2D eigenvalue weighted by Gasteiger charge is 2.39. The lowest BCUT2D eigenvalue weighted by atomic mass is 9.64. The Labute approximate surface area is 194 Å². The third kappa shape index (κ3) is 3.99. The molecule has 0 aromatic heterocycles. The molecule has 0 fully saturated rings. The highest BCUT2D eigenvalue weighted by atomic mass is 15.1. The molecular formula is C31H24N2. The summed E-state index contributed by atoms with van der Waals surface area (Å²) < 4.78 is 0. The maximum absolute atomic E-state index is 4.74. The Bertz CT molecular complexity index is 1230. The van der Waals surface area contributed by atoms with Crippen molar-refractivity contribution in [2.24, 2.45) is 10.2 Å². The van der Waals surface area contributed by atoms with Gasteiger partial charge < -0.3 is 0 Å². The number of rotatable bonds is 6. The molecular weight excluding hydrogens is 400 g/mol. The van der Waals surface area contributed by atoms with Gasteiger partial charge in [0.15, 0.2) is 0 Å². The van der Waals surface area contributed by atoms with Crippen LogP contribution in [0.15, 0.2) is 156 Å². The van der Waals surface area contributed by atoms with Crippen LogP contribution in [-0.2, 0) is 5.41 Å². The first-order valence-corrected chi connectivity index (χ1v) is 11.1. The molecule has 158 valence electrons. The Kier molecular flexibility index (Phi) is 5.90. The Morgan fingerprint density at radius 3 is 1.24 bits per heavy atom. The topological polar surface area (TPSA) is 24.7 Å². The van der Waals surface area contributed by atoms with Gasteiger partial charge >= 0.3 is 0 Å². The number of nitrogens with zero attached hydrogens (tertiary/aromatic N) is 2. The molecule has 0 heterocycles. The molecule has 0 spiro atoms. The lowest BCUT2D eigenvalue weighted by Gasteiger charge is -2.37. The first kappa shape index (κ1) is 20.6. The number of benzene rings is 5. The van der Waals surface area contributed by atoms with Crippen LogP contribution < -0.4 is 0 Å². The molecule has 0 aliphatic carbocycles. The molecule has 0 N–H and O–H groups in total. The molecule has 5 rings (SSSR count). The molecule has 0 bridgehead atoms. The van der Waals surface area contributed by atoms with E-state index in [1.54, 1.807) is 0 Å². The summed E-state index contributed by atoms with van der Waals surface area (Å²) in [6.45, 7) is 0. The van der Waals surface area contributed by atoms with E-state index in [1.165, 1.54) is 16.7 Å². The first-order chi connectivity index (χ1) is 16.4. The van der Waals surface area contributed by atoms with Gasteiger partial charge in [-0.25, -0.2) is 0 Å². The molecule has 0 amide bonds. The summed E-state index contributed by atoms with van der Waals surface area (Å²) >= 11 is 0. The smallest absolute Gasteiger partial charge is 0.0904 e. The molecule has 0 saturated heterocycles. The fraction of sp³-hybridized carbons (Fsp3) is 0.0323. The van der Waals surface area contributed by atoms with E-state index in [0.717, 1.165) is 16.9 Å². The highest BCUT2D eigenvalue weighted by molar-refractivity contribution is 5.66. The van der Waals surface area contributed by atoms with Crippen molar-refractivity contribution in [1.82, 2.24) is 0 Å². The van der Waals surface area contributed by atoms with Crippen molar-refractivity contribution in [1.29, 1.82) is 0 Å². The van der Waals surface area contributed by atoms with E-state index in [1.807, 2.05) is 42.5 Å². The summed E-state index contributed by atoms with van der Waals surface area (Å²) in [7, 11) is 0. The number of hydrogen-bond acceptors (Lipinski definition) is 2. The fourth-order valence-electron chi connectivity index (χ4n) is 4.52. The van der Waals surface area contributed by atoms with Crippen LogP contribution in [0.5, 0.6) is 0 Å². The minimum absolute atomic E-state index is 0.546. The standard InChI is InChI=1S/C31H24N2/c1-5-15-25(16-6-1)31(26-17-7-2-8-18-26,27-19-9-3-10-20-27)29-23-13-14-24-30(29)33-32-28-21-11-4-12-22-28/h1-24H. The van der Waals surface area contributed by atoms with Crippen molar-refractivity contribution in [3.63, 3.8) is 0 Å². The molecule has 0 atom stereocenters. The number of hydrogen-bond donors (Lipinski definition) is 0. The second-order valence-electron chi connectivity index (χ2n) is 7.90. The van der Waals surface area contributed by atoms with Crippen molar-refractivity contribution >= 4 is 11.4 Å². The van der Waals surface area contributed by atoms with E-state index in [0.29, 0.717) is 0 Å². The third-order valence-corrected chi connectivity index (χ3v) is 5.96. The quantitative estimate of drug-likeness (QED) is 0.193. The van der Waals surface area contributed by atoms with E-state index >= 15 is 0 Å². The SMILES string of the molecule is c1ccc(N=Nc2ccccc2C(c2ccccc2)(c2ccccc2)c2ccccc2)cc1. The van der Waals surface area contributed by atoms with Gasteiger partial charge in [0, 0.05) is 0 Å². The molecule has 0 saturated carbocycles. The average molecular weight is 425 g/mol. The average Bonchev–Trinajstić information content (AvgIpc) is 2.91. The zero-order valence-electron chi connectivity index (χ0n) is 18.3. The van der Waals surface area contributed by atoms with Crippen LogP contribution in [-0.4, -0.2) is 0 Å². The molecule has 0 unspecified atom stereocenters. The van der Waals surface area contributed by atoms with E-state index in [2.05, 4.69) is 108 Å². The lowest BCUT2D eigenvalue weighted by molar-refractivity contribution is 0.744. The predicted octanol–water partition coefficient (Wildman–Crippen LogP) is 8.48. The van der Waals surface area contributed by atoms with Crippen molar-refractivity contribution in [2.75, 3.05) is 0 Å².